The van der Waals surface area contributed by atoms with Gasteiger partial charge in [0.25, 0.3) is 0 Å². The van der Waals surface area contributed by atoms with Gasteiger partial charge in [0.2, 0.25) is 5.91 Å². The van der Waals surface area contributed by atoms with E-state index in [9.17, 15) is 4.79 Å². The molecule has 0 unspecified atom stereocenters. The number of hydrogen-bond acceptors (Lipinski definition) is 4. The number of halogens is 1. The summed E-state index contributed by atoms with van der Waals surface area (Å²) in [6, 6.07) is 20.4. The second-order valence-corrected chi connectivity index (χ2v) is 8.69. The molecular weight excluding hydrogens is 422 g/mol. The maximum Gasteiger partial charge on any atom is 0.237 e. The van der Waals surface area contributed by atoms with Crippen molar-refractivity contribution in [3.05, 3.63) is 76.8 Å². The van der Waals surface area contributed by atoms with E-state index in [0.29, 0.717) is 24.7 Å². The molecule has 32 heavy (non-hydrogen) atoms. The lowest BCUT2D eigenvalue weighted by molar-refractivity contribution is -0.125. The third-order valence-corrected chi connectivity index (χ3v) is 6.35. The van der Waals surface area contributed by atoms with Crippen LogP contribution >= 0.6 is 11.6 Å². The highest BCUT2D eigenvalue weighted by atomic mass is 35.5. The fourth-order valence-electron chi connectivity index (χ4n) is 4.60. The highest BCUT2D eigenvalue weighted by molar-refractivity contribution is 6.30. The van der Waals surface area contributed by atoms with Gasteiger partial charge in [-0.3, -0.25) is 9.69 Å². The van der Waals surface area contributed by atoms with Crippen molar-refractivity contribution in [3.8, 4) is 5.75 Å². The molecule has 4 rings (SSSR count). The van der Waals surface area contributed by atoms with Crippen LogP contribution in [0.25, 0.3) is 10.8 Å². The molecule has 5 nitrogen and oxygen atoms in total. The Kier molecular flexibility index (Phi) is 7.30. The van der Waals surface area contributed by atoms with Gasteiger partial charge in [-0.05, 0) is 47.9 Å². The van der Waals surface area contributed by atoms with E-state index >= 15 is 0 Å². The van der Waals surface area contributed by atoms with Crippen molar-refractivity contribution in [1.82, 2.24) is 15.5 Å². The van der Waals surface area contributed by atoms with Crippen LogP contribution in [0.1, 0.15) is 24.5 Å². The van der Waals surface area contributed by atoms with Gasteiger partial charge in [0.05, 0.1) is 13.2 Å². The molecule has 2 N–H and O–H groups in total. The van der Waals surface area contributed by atoms with E-state index in [-0.39, 0.29) is 18.0 Å². The molecule has 1 saturated heterocycles. The second-order valence-electron chi connectivity index (χ2n) is 8.25. The first-order chi connectivity index (χ1) is 15.6. The number of fused-ring (bicyclic) bond motifs is 1. The van der Waals surface area contributed by atoms with Crippen LogP contribution in [0.2, 0.25) is 5.02 Å². The Hall–Kier alpha value is -2.60. The van der Waals surface area contributed by atoms with Gasteiger partial charge in [0.15, 0.2) is 0 Å². The summed E-state index contributed by atoms with van der Waals surface area (Å²) in [6.07, 6.45) is 0.763. The van der Waals surface area contributed by atoms with E-state index in [4.69, 9.17) is 16.3 Å². The molecule has 0 saturated carbocycles. The summed E-state index contributed by atoms with van der Waals surface area (Å²) >= 11 is 6.18. The monoisotopic (exact) mass is 451 g/mol. The summed E-state index contributed by atoms with van der Waals surface area (Å²) in [4.78, 5) is 15.0. The third kappa shape index (κ3) is 5.07. The van der Waals surface area contributed by atoms with Crippen LogP contribution in [0, 0.1) is 0 Å². The highest BCUT2D eigenvalue weighted by Gasteiger charge is 2.36. The molecule has 2 atom stereocenters. The molecule has 3 aromatic carbocycles. The van der Waals surface area contributed by atoms with Crippen molar-refractivity contribution in [2.45, 2.75) is 38.5 Å². The molecule has 1 aliphatic rings. The number of benzene rings is 3. The van der Waals surface area contributed by atoms with Crippen LogP contribution in [0.3, 0.4) is 0 Å². The number of methoxy groups -OCH3 is 1. The van der Waals surface area contributed by atoms with Crippen LogP contribution < -0.4 is 15.4 Å². The minimum absolute atomic E-state index is 0.0848. The molecule has 1 heterocycles. The number of nitrogens with one attached hydrogen (secondary N) is 2. The Morgan fingerprint density at radius 3 is 2.78 bits per heavy atom. The first kappa shape index (κ1) is 22.6. The first-order valence-corrected chi connectivity index (χ1v) is 11.5. The van der Waals surface area contributed by atoms with Crippen LogP contribution in [-0.2, 0) is 17.9 Å². The number of hydrogen-bond donors (Lipinski definition) is 2. The fraction of sp³-hybridized carbons (Fsp3) is 0.346. The number of rotatable bonds is 8. The second kappa shape index (κ2) is 10.3. The van der Waals surface area contributed by atoms with Crippen molar-refractivity contribution < 1.29 is 9.53 Å². The van der Waals surface area contributed by atoms with E-state index in [1.165, 1.54) is 10.8 Å². The van der Waals surface area contributed by atoms with Crippen LogP contribution in [0.5, 0.6) is 5.75 Å². The topological polar surface area (TPSA) is 53.6 Å². The third-order valence-electron chi connectivity index (χ3n) is 6.12. The smallest absolute Gasteiger partial charge is 0.237 e. The van der Waals surface area contributed by atoms with E-state index in [1.54, 1.807) is 7.11 Å². The number of nitrogens with zero attached hydrogens (tertiary/aromatic N) is 1. The molecule has 1 amide bonds. The summed E-state index contributed by atoms with van der Waals surface area (Å²) in [5.74, 6) is 0.965. The zero-order valence-electron chi connectivity index (χ0n) is 18.6. The Morgan fingerprint density at radius 2 is 2.00 bits per heavy atom. The largest absolute Gasteiger partial charge is 0.496 e. The summed E-state index contributed by atoms with van der Waals surface area (Å²) < 4.78 is 5.64. The van der Waals surface area contributed by atoms with Crippen LogP contribution in [0.15, 0.2) is 60.7 Å². The number of likely N-dealkylation sites (tertiary alicyclic amines) is 1. The van der Waals surface area contributed by atoms with Crippen molar-refractivity contribution in [2.75, 3.05) is 20.2 Å². The Bertz CT molecular complexity index is 1090. The van der Waals surface area contributed by atoms with Crippen LogP contribution in [0.4, 0.5) is 0 Å². The van der Waals surface area contributed by atoms with Gasteiger partial charge in [-0.25, -0.2) is 0 Å². The van der Waals surface area contributed by atoms with Gasteiger partial charge < -0.3 is 15.4 Å². The van der Waals surface area contributed by atoms with E-state index in [0.717, 1.165) is 29.8 Å². The standard InChI is InChI=1S/C26H30ClN3O2/c1-3-28-26(31)24-14-21(17-30(24)16-18-7-6-9-20(27)13-18)29-15-23-22-10-5-4-8-19(22)11-12-25(23)32-2/h4-13,21,24,29H,3,14-17H2,1-2H3,(H,28,31)/t21-,24-/m0/s1. The summed E-state index contributed by atoms with van der Waals surface area (Å²) in [5.41, 5.74) is 2.26. The number of ether oxygens (including phenoxy) is 1. The fourth-order valence-corrected chi connectivity index (χ4v) is 4.81. The van der Waals surface area contributed by atoms with E-state index < -0.39 is 0 Å². The highest BCUT2D eigenvalue weighted by Crippen LogP contribution is 2.29. The molecule has 1 aliphatic heterocycles. The molecular formula is C26H30ClN3O2. The summed E-state index contributed by atoms with van der Waals surface area (Å²) in [6.45, 7) is 4.75. The Balaban J connectivity index is 1.51. The van der Waals surface area contributed by atoms with Gasteiger partial charge in [0, 0.05) is 42.8 Å². The van der Waals surface area contributed by atoms with Crippen molar-refractivity contribution in [1.29, 1.82) is 0 Å². The summed E-state index contributed by atoms with van der Waals surface area (Å²) in [5, 5.41) is 9.79. The maximum absolute atomic E-state index is 12.8. The molecule has 0 aliphatic carbocycles. The number of carbonyl (C=O) groups excluding carboxylic acids is 1. The molecule has 0 aromatic heterocycles. The van der Waals surface area contributed by atoms with Gasteiger partial charge in [-0.1, -0.05) is 54.1 Å². The Morgan fingerprint density at radius 1 is 1.16 bits per heavy atom. The van der Waals surface area contributed by atoms with Crippen LogP contribution in [-0.4, -0.2) is 43.1 Å². The predicted octanol–water partition coefficient (Wildman–Crippen LogP) is 4.37. The predicted molar refractivity (Wildman–Crippen MR) is 130 cm³/mol. The molecule has 6 heteroatoms. The lowest BCUT2D eigenvalue weighted by atomic mass is 10.0. The number of likely N-dealkylation sites (N-methyl/N-ethyl adjacent to an activating group) is 1. The molecule has 0 radical (unpaired) electrons. The van der Waals surface area contributed by atoms with Gasteiger partial charge in [-0.15, -0.1) is 0 Å². The number of amides is 1. The van der Waals surface area contributed by atoms with Crippen molar-refractivity contribution >= 4 is 28.3 Å². The molecule has 0 bridgehead atoms. The number of carbonyl (C=O) groups is 1. The maximum atomic E-state index is 12.8. The quantitative estimate of drug-likeness (QED) is 0.534. The first-order valence-electron chi connectivity index (χ1n) is 11.1. The lowest BCUT2D eigenvalue weighted by Crippen LogP contribution is -2.42. The van der Waals surface area contributed by atoms with Gasteiger partial charge in [0.1, 0.15) is 5.75 Å². The van der Waals surface area contributed by atoms with Crippen molar-refractivity contribution in [3.63, 3.8) is 0 Å². The normalized spacial score (nSPS) is 18.7. The molecule has 1 fully saturated rings. The van der Waals surface area contributed by atoms with Gasteiger partial charge >= 0.3 is 0 Å². The van der Waals surface area contributed by atoms with E-state index in [1.807, 2.05) is 37.3 Å². The SMILES string of the molecule is CCNC(=O)[C@@H]1C[C@H](NCc2c(OC)ccc3ccccc23)CN1Cc1cccc(Cl)c1. The molecule has 0 spiro atoms. The minimum atomic E-state index is -0.166. The van der Waals surface area contributed by atoms with Gasteiger partial charge in [-0.2, -0.15) is 0 Å². The lowest BCUT2D eigenvalue weighted by Gasteiger charge is -2.23. The average Bonchev–Trinajstić information content (AvgIpc) is 3.20. The minimum Gasteiger partial charge on any atom is -0.496 e. The zero-order valence-corrected chi connectivity index (χ0v) is 19.4. The van der Waals surface area contributed by atoms with E-state index in [2.05, 4.69) is 45.9 Å². The average molecular weight is 452 g/mol. The zero-order chi connectivity index (χ0) is 22.5. The van der Waals surface area contributed by atoms with Crippen molar-refractivity contribution in [2.24, 2.45) is 0 Å². The molecule has 168 valence electrons. The molecule has 3 aromatic rings. The summed E-state index contributed by atoms with van der Waals surface area (Å²) in [7, 11) is 1.71. The Labute approximate surface area is 194 Å².